The number of aryl methyl sites for hydroxylation is 2. The highest BCUT2D eigenvalue weighted by atomic mass is 35.5. The van der Waals surface area contributed by atoms with Gasteiger partial charge in [-0.2, -0.15) is 0 Å². The first kappa shape index (κ1) is 14.1. The third-order valence-corrected chi connectivity index (χ3v) is 3.72. The van der Waals surface area contributed by atoms with Gasteiger partial charge in [0.2, 0.25) is 0 Å². The van der Waals surface area contributed by atoms with Gasteiger partial charge in [0, 0.05) is 18.8 Å². The van der Waals surface area contributed by atoms with Crippen molar-refractivity contribution in [3.63, 3.8) is 0 Å². The van der Waals surface area contributed by atoms with E-state index in [1.807, 2.05) is 6.07 Å². The Balaban J connectivity index is 2.10. The van der Waals surface area contributed by atoms with Crippen LogP contribution in [0.2, 0.25) is 0 Å². The maximum Gasteiger partial charge on any atom is 0.125 e. The van der Waals surface area contributed by atoms with Crippen molar-refractivity contribution < 1.29 is 4.39 Å². The van der Waals surface area contributed by atoms with Gasteiger partial charge in [-0.05, 0) is 30.7 Å². The van der Waals surface area contributed by atoms with Gasteiger partial charge in [-0.25, -0.2) is 9.37 Å². The molecular formula is C17H16ClFN2. The number of benzene rings is 2. The minimum atomic E-state index is -0.245. The Morgan fingerprint density at radius 3 is 2.81 bits per heavy atom. The van der Waals surface area contributed by atoms with E-state index >= 15 is 0 Å². The van der Waals surface area contributed by atoms with Gasteiger partial charge in [-0.1, -0.05) is 29.8 Å². The van der Waals surface area contributed by atoms with Crippen molar-refractivity contribution in [3.05, 3.63) is 65.2 Å². The minimum Gasteiger partial charge on any atom is -0.323 e. The maximum atomic E-state index is 13.5. The van der Waals surface area contributed by atoms with E-state index in [1.54, 1.807) is 6.07 Å². The number of halogens is 2. The normalized spacial score (nSPS) is 11.2. The molecule has 0 bridgehead atoms. The van der Waals surface area contributed by atoms with E-state index in [0.717, 1.165) is 16.9 Å². The molecule has 0 radical (unpaired) electrons. The van der Waals surface area contributed by atoms with Crippen LogP contribution in [0.1, 0.15) is 17.0 Å². The first-order chi connectivity index (χ1) is 10.2. The first-order valence-electron chi connectivity index (χ1n) is 6.93. The summed E-state index contributed by atoms with van der Waals surface area (Å²) in [4.78, 5) is 4.57. The molecule has 2 nitrogen and oxygen atoms in total. The van der Waals surface area contributed by atoms with Crippen LogP contribution in [0.4, 0.5) is 4.39 Å². The smallest absolute Gasteiger partial charge is 0.125 e. The van der Waals surface area contributed by atoms with Crippen molar-refractivity contribution >= 4 is 22.6 Å². The van der Waals surface area contributed by atoms with Gasteiger partial charge in [0.25, 0.3) is 0 Å². The number of alkyl halides is 1. The number of aromatic nitrogens is 2. The molecule has 21 heavy (non-hydrogen) atoms. The van der Waals surface area contributed by atoms with Crippen molar-refractivity contribution in [2.45, 2.75) is 19.9 Å². The molecule has 1 heterocycles. The number of rotatable bonds is 4. The molecule has 0 aliphatic rings. The zero-order chi connectivity index (χ0) is 14.8. The summed E-state index contributed by atoms with van der Waals surface area (Å²) in [6, 6.07) is 13.0. The van der Waals surface area contributed by atoms with E-state index in [0.29, 0.717) is 18.8 Å². The van der Waals surface area contributed by atoms with Crippen molar-refractivity contribution in [2.24, 2.45) is 0 Å². The van der Waals surface area contributed by atoms with Crippen LogP contribution in [0.3, 0.4) is 0 Å². The van der Waals surface area contributed by atoms with Crippen LogP contribution < -0.4 is 0 Å². The summed E-state index contributed by atoms with van der Waals surface area (Å²) < 4.78 is 15.6. The van der Waals surface area contributed by atoms with E-state index in [9.17, 15) is 4.39 Å². The standard InChI is InChI=1S/C17H16ClFN2/c1-12-3-2-4-13(9-12)11-21-16-10-14(19)5-6-15(16)20-17(21)7-8-18/h2-6,9-10H,7-8,11H2,1H3. The number of hydrogen-bond acceptors (Lipinski definition) is 1. The molecule has 0 amide bonds. The lowest BCUT2D eigenvalue weighted by Gasteiger charge is -2.09. The lowest BCUT2D eigenvalue weighted by molar-refractivity contribution is 0.628. The number of nitrogens with zero attached hydrogens (tertiary/aromatic N) is 2. The van der Waals surface area contributed by atoms with Crippen molar-refractivity contribution in [1.29, 1.82) is 0 Å². The summed E-state index contributed by atoms with van der Waals surface area (Å²) in [6.45, 7) is 2.74. The summed E-state index contributed by atoms with van der Waals surface area (Å²) in [5.74, 6) is 1.15. The molecule has 0 saturated heterocycles. The predicted molar refractivity (Wildman–Crippen MR) is 84.4 cm³/mol. The van der Waals surface area contributed by atoms with E-state index in [1.165, 1.54) is 23.3 Å². The second-order valence-electron chi connectivity index (χ2n) is 5.18. The van der Waals surface area contributed by atoms with Crippen LogP contribution in [0, 0.1) is 12.7 Å². The second-order valence-corrected chi connectivity index (χ2v) is 5.55. The fourth-order valence-corrected chi connectivity index (χ4v) is 2.76. The predicted octanol–water partition coefficient (Wildman–Crippen LogP) is 4.31. The third-order valence-electron chi connectivity index (χ3n) is 3.53. The molecule has 0 saturated carbocycles. The lowest BCUT2D eigenvalue weighted by atomic mass is 10.1. The Labute approximate surface area is 128 Å². The van der Waals surface area contributed by atoms with Crippen LogP contribution in [-0.4, -0.2) is 15.4 Å². The number of hydrogen-bond donors (Lipinski definition) is 0. The summed E-state index contributed by atoms with van der Waals surface area (Å²) in [5, 5.41) is 0. The average Bonchev–Trinajstić information content (AvgIpc) is 2.77. The largest absolute Gasteiger partial charge is 0.323 e. The maximum absolute atomic E-state index is 13.5. The molecule has 0 fully saturated rings. The van der Waals surface area contributed by atoms with Crippen LogP contribution in [-0.2, 0) is 13.0 Å². The Hall–Kier alpha value is -1.87. The van der Waals surface area contributed by atoms with E-state index < -0.39 is 0 Å². The van der Waals surface area contributed by atoms with Gasteiger partial charge in [0.1, 0.15) is 11.6 Å². The van der Waals surface area contributed by atoms with Crippen molar-refractivity contribution in [2.75, 3.05) is 5.88 Å². The first-order valence-corrected chi connectivity index (χ1v) is 7.47. The van der Waals surface area contributed by atoms with E-state index in [4.69, 9.17) is 11.6 Å². The summed E-state index contributed by atoms with van der Waals surface area (Å²) in [5.41, 5.74) is 4.01. The third kappa shape index (κ3) is 2.93. The van der Waals surface area contributed by atoms with Crippen molar-refractivity contribution in [3.8, 4) is 0 Å². The monoisotopic (exact) mass is 302 g/mol. The Kier molecular flexibility index (Phi) is 3.93. The zero-order valence-corrected chi connectivity index (χ0v) is 12.6. The van der Waals surface area contributed by atoms with E-state index in [2.05, 4.69) is 34.7 Å². The molecule has 0 atom stereocenters. The fourth-order valence-electron chi connectivity index (χ4n) is 2.59. The van der Waals surface area contributed by atoms with Crippen LogP contribution >= 0.6 is 11.6 Å². The highest BCUT2D eigenvalue weighted by Gasteiger charge is 2.11. The number of fused-ring (bicyclic) bond motifs is 1. The molecule has 4 heteroatoms. The molecule has 0 spiro atoms. The van der Waals surface area contributed by atoms with Gasteiger partial charge in [-0.15, -0.1) is 11.6 Å². The number of imidazole rings is 1. The highest BCUT2D eigenvalue weighted by molar-refractivity contribution is 6.17. The zero-order valence-electron chi connectivity index (χ0n) is 11.8. The van der Waals surface area contributed by atoms with Gasteiger partial charge in [0.05, 0.1) is 11.0 Å². The molecule has 3 aromatic rings. The second kappa shape index (κ2) is 5.86. The Morgan fingerprint density at radius 1 is 1.19 bits per heavy atom. The lowest BCUT2D eigenvalue weighted by Crippen LogP contribution is -2.06. The molecule has 0 unspecified atom stereocenters. The topological polar surface area (TPSA) is 17.8 Å². The SMILES string of the molecule is Cc1cccc(Cn2c(CCCl)nc3ccc(F)cc32)c1. The molecule has 2 aromatic carbocycles. The molecule has 0 aliphatic heterocycles. The van der Waals surface area contributed by atoms with Gasteiger partial charge >= 0.3 is 0 Å². The van der Waals surface area contributed by atoms with Crippen LogP contribution in [0.5, 0.6) is 0 Å². The fraction of sp³-hybridized carbons (Fsp3) is 0.235. The van der Waals surface area contributed by atoms with Gasteiger partial charge in [-0.3, -0.25) is 0 Å². The molecular weight excluding hydrogens is 287 g/mol. The molecule has 3 rings (SSSR count). The summed E-state index contributed by atoms with van der Waals surface area (Å²) >= 11 is 5.87. The van der Waals surface area contributed by atoms with Gasteiger partial charge < -0.3 is 4.57 Å². The minimum absolute atomic E-state index is 0.245. The molecule has 0 aliphatic carbocycles. The molecule has 108 valence electrons. The molecule has 1 aromatic heterocycles. The summed E-state index contributed by atoms with van der Waals surface area (Å²) in [6.07, 6.45) is 0.670. The Morgan fingerprint density at radius 2 is 2.05 bits per heavy atom. The van der Waals surface area contributed by atoms with Crippen LogP contribution in [0.15, 0.2) is 42.5 Å². The Bertz CT molecular complexity index is 780. The van der Waals surface area contributed by atoms with Crippen molar-refractivity contribution in [1.82, 2.24) is 9.55 Å². The van der Waals surface area contributed by atoms with Gasteiger partial charge in [0.15, 0.2) is 0 Å². The van der Waals surface area contributed by atoms with Crippen LogP contribution in [0.25, 0.3) is 11.0 Å². The molecule has 0 N–H and O–H groups in total. The highest BCUT2D eigenvalue weighted by Crippen LogP contribution is 2.20. The average molecular weight is 303 g/mol. The summed E-state index contributed by atoms with van der Waals surface area (Å²) in [7, 11) is 0. The quantitative estimate of drug-likeness (QED) is 0.657. The van der Waals surface area contributed by atoms with E-state index in [-0.39, 0.29) is 5.82 Å².